The van der Waals surface area contributed by atoms with Crippen LogP contribution in [0.15, 0.2) is 30.5 Å². The van der Waals surface area contributed by atoms with E-state index in [0.717, 1.165) is 59.8 Å². The summed E-state index contributed by atoms with van der Waals surface area (Å²) in [5.74, 6) is 1.10. The van der Waals surface area contributed by atoms with Crippen molar-refractivity contribution in [3.05, 3.63) is 41.9 Å². The molecule has 0 amide bonds. The van der Waals surface area contributed by atoms with E-state index >= 15 is 0 Å². The van der Waals surface area contributed by atoms with Crippen molar-refractivity contribution < 1.29 is 4.74 Å². The van der Waals surface area contributed by atoms with Gasteiger partial charge in [-0.3, -0.25) is 0 Å². The van der Waals surface area contributed by atoms with Gasteiger partial charge in [0.05, 0.1) is 12.3 Å². The van der Waals surface area contributed by atoms with E-state index < -0.39 is 0 Å². The molecule has 1 aromatic carbocycles. The smallest absolute Gasteiger partial charge is 0.234 e. The monoisotopic (exact) mass is 439 g/mol. The molecule has 4 rings (SSSR count). The lowest BCUT2D eigenvalue weighted by Crippen LogP contribution is -2.41. The van der Waals surface area contributed by atoms with Gasteiger partial charge in [0.2, 0.25) is 5.82 Å². The Morgan fingerprint density at radius 1 is 1.19 bits per heavy atom. The van der Waals surface area contributed by atoms with Crippen LogP contribution >= 0.6 is 12.4 Å². The van der Waals surface area contributed by atoms with Crippen LogP contribution in [-0.2, 0) is 7.05 Å². The molecule has 164 valence electrons. The van der Waals surface area contributed by atoms with Crippen molar-refractivity contribution in [2.45, 2.75) is 33.6 Å². The molecular formula is C24H30ClN5O. The van der Waals surface area contributed by atoms with Crippen molar-refractivity contribution in [3.63, 3.8) is 0 Å². The first-order valence-electron chi connectivity index (χ1n) is 10.6. The first kappa shape index (κ1) is 23.1. The maximum Gasteiger partial charge on any atom is 0.234 e. The standard InChI is InChI=1S/C24H29N5O.ClH/c1-5-29-12-9-24(3,10-13-29)16-30-20-7-6-18(14-17(20)2)22-19-8-11-28(4)23(19)27-21(15-25)26-22;/h6-8,11,14H,5,9-10,12-13,16H2,1-4H3;1H. The Kier molecular flexibility index (Phi) is 6.88. The lowest BCUT2D eigenvalue weighted by atomic mass is 9.81. The van der Waals surface area contributed by atoms with Crippen LogP contribution in [0.5, 0.6) is 5.75 Å². The first-order valence-corrected chi connectivity index (χ1v) is 10.6. The number of halogens is 1. The minimum absolute atomic E-state index is 0. The van der Waals surface area contributed by atoms with Crippen molar-refractivity contribution in [2.75, 3.05) is 26.2 Å². The predicted octanol–water partition coefficient (Wildman–Crippen LogP) is 4.74. The summed E-state index contributed by atoms with van der Waals surface area (Å²) in [6.07, 6.45) is 4.28. The van der Waals surface area contributed by atoms with E-state index in [-0.39, 0.29) is 23.6 Å². The molecular weight excluding hydrogens is 410 g/mol. The third kappa shape index (κ3) is 4.68. The SMILES string of the molecule is CCN1CCC(C)(COc2ccc(-c3nc(C#N)nc4c3ccn4C)cc2C)CC1.Cl. The van der Waals surface area contributed by atoms with Crippen LogP contribution in [0.2, 0.25) is 0 Å². The normalized spacial score (nSPS) is 16.0. The molecule has 0 atom stereocenters. The Hall–Kier alpha value is -2.62. The van der Waals surface area contributed by atoms with E-state index in [1.54, 1.807) is 0 Å². The average molecular weight is 440 g/mol. The van der Waals surface area contributed by atoms with Gasteiger partial charge in [-0.05, 0) is 69.2 Å². The fourth-order valence-corrected chi connectivity index (χ4v) is 4.17. The highest BCUT2D eigenvalue weighted by atomic mass is 35.5. The zero-order valence-electron chi connectivity index (χ0n) is 18.7. The van der Waals surface area contributed by atoms with Crippen LogP contribution in [0, 0.1) is 23.7 Å². The van der Waals surface area contributed by atoms with Crippen molar-refractivity contribution in [1.82, 2.24) is 19.4 Å². The summed E-state index contributed by atoms with van der Waals surface area (Å²) in [5.41, 5.74) is 3.81. The van der Waals surface area contributed by atoms with Crippen molar-refractivity contribution >= 4 is 23.4 Å². The molecule has 1 aliphatic rings. The second-order valence-corrected chi connectivity index (χ2v) is 8.69. The third-order valence-electron chi connectivity index (χ3n) is 6.36. The lowest BCUT2D eigenvalue weighted by Gasteiger charge is -2.38. The van der Waals surface area contributed by atoms with Gasteiger partial charge in [0.15, 0.2) is 0 Å². The fraction of sp³-hybridized carbons (Fsp3) is 0.458. The highest BCUT2D eigenvalue weighted by Crippen LogP contribution is 2.34. The number of nitriles is 1. The van der Waals surface area contributed by atoms with E-state index in [1.807, 2.05) is 36.0 Å². The van der Waals surface area contributed by atoms with E-state index in [9.17, 15) is 5.26 Å². The van der Waals surface area contributed by atoms with Gasteiger partial charge in [-0.15, -0.1) is 12.4 Å². The number of rotatable bonds is 5. The summed E-state index contributed by atoms with van der Waals surface area (Å²) < 4.78 is 8.18. The largest absolute Gasteiger partial charge is 0.493 e. The molecule has 1 aliphatic heterocycles. The van der Waals surface area contributed by atoms with Gasteiger partial charge in [0, 0.05) is 29.6 Å². The third-order valence-corrected chi connectivity index (χ3v) is 6.36. The maximum atomic E-state index is 9.34. The van der Waals surface area contributed by atoms with Gasteiger partial charge in [-0.25, -0.2) is 9.97 Å². The molecule has 6 nitrogen and oxygen atoms in total. The molecule has 31 heavy (non-hydrogen) atoms. The van der Waals surface area contributed by atoms with Gasteiger partial charge < -0.3 is 14.2 Å². The van der Waals surface area contributed by atoms with Crippen LogP contribution in [0.1, 0.15) is 38.1 Å². The summed E-state index contributed by atoms with van der Waals surface area (Å²) in [6, 6.07) is 10.2. The van der Waals surface area contributed by atoms with Crippen LogP contribution in [0.3, 0.4) is 0 Å². The average Bonchev–Trinajstić information content (AvgIpc) is 3.13. The number of likely N-dealkylation sites (tertiary alicyclic amines) is 1. The fourth-order valence-electron chi connectivity index (χ4n) is 4.17. The molecule has 7 heteroatoms. The lowest BCUT2D eigenvalue weighted by molar-refractivity contribution is 0.0712. The van der Waals surface area contributed by atoms with Crippen LogP contribution in [0.25, 0.3) is 22.3 Å². The molecule has 1 saturated heterocycles. The van der Waals surface area contributed by atoms with Gasteiger partial charge in [0.25, 0.3) is 0 Å². The predicted molar refractivity (Wildman–Crippen MR) is 126 cm³/mol. The highest BCUT2D eigenvalue weighted by Gasteiger charge is 2.30. The second kappa shape index (κ2) is 9.25. The minimum Gasteiger partial charge on any atom is -0.493 e. The number of aryl methyl sites for hydroxylation is 2. The maximum absolute atomic E-state index is 9.34. The van der Waals surface area contributed by atoms with E-state index in [4.69, 9.17) is 4.74 Å². The van der Waals surface area contributed by atoms with Crippen molar-refractivity contribution in [2.24, 2.45) is 12.5 Å². The Morgan fingerprint density at radius 3 is 2.58 bits per heavy atom. The summed E-state index contributed by atoms with van der Waals surface area (Å²) in [6.45, 7) is 10.8. The number of benzene rings is 1. The number of fused-ring (bicyclic) bond motifs is 1. The molecule has 0 N–H and O–H groups in total. The molecule has 0 radical (unpaired) electrons. The van der Waals surface area contributed by atoms with E-state index in [2.05, 4.69) is 47.8 Å². The molecule has 3 heterocycles. The molecule has 3 aromatic rings. The molecule has 0 saturated carbocycles. The number of hydrogen-bond donors (Lipinski definition) is 0. The van der Waals surface area contributed by atoms with E-state index in [0.29, 0.717) is 0 Å². The highest BCUT2D eigenvalue weighted by molar-refractivity contribution is 5.91. The van der Waals surface area contributed by atoms with Gasteiger partial charge in [-0.1, -0.05) is 13.8 Å². The first-order chi connectivity index (χ1) is 14.4. The minimum atomic E-state index is 0. The zero-order chi connectivity index (χ0) is 21.3. The summed E-state index contributed by atoms with van der Waals surface area (Å²) in [7, 11) is 1.92. The number of hydrogen-bond acceptors (Lipinski definition) is 5. The second-order valence-electron chi connectivity index (χ2n) is 8.69. The molecule has 0 aliphatic carbocycles. The molecule has 0 bridgehead atoms. The van der Waals surface area contributed by atoms with Gasteiger partial charge in [0.1, 0.15) is 17.5 Å². The zero-order valence-corrected chi connectivity index (χ0v) is 19.5. The van der Waals surface area contributed by atoms with Crippen LogP contribution in [-0.4, -0.2) is 45.7 Å². The van der Waals surface area contributed by atoms with E-state index in [1.165, 1.54) is 12.8 Å². The summed E-state index contributed by atoms with van der Waals surface area (Å²) in [4.78, 5) is 11.3. The summed E-state index contributed by atoms with van der Waals surface area (Å²) >= 11 is 0. The number of nitrogens with zero attached hydrogens (tertiary/aromatic N) is 5. The van der Waals surface area contributed by atoms with Crippen molar-refractivity contribution in [3.8, 4) is 23.1 Å². The molecule has 0 unspecified atom stereocenters. The Bertz CT molecular complexity index is 1110. The Morgan fingerprint density at radius 2 is 1.94 bits per heavy atom. The van der Waals surface area contributed by atoms with Gasteiger partial charge >= 0.3 is 0 Å². The molecule has 1 fully saturated rings. The topological polar surface area (TPSA) is 67.0 Å². The molecule has 0 spiro atoms. The Balaban J connectivity index is 0.00000272. The number of piperidine rings is 1. The quantitative estimate of drug-likeness (QED) is 0.574. The number of aromatic nitrogens is 3. The van der Waals surface area contributed by atoms with Crippen molar-refractivity contribution in [1.29, 1.82) is 5.26 Å². The number of ether oxygens (including phenoxy) is 1. The van der Waals surface area contributed by atoms with Gasteiger partial charge in [-0.2, -0.15) is 5.26 Å². The van der Waals surface area contributed by atoms with Crippen LogP contribution < -0.4 is 4.74 Å². The Labute approximate surface area is 190 Å². The molecule has 2 aromatic heterocycles. The van der Waals surface area contributed by atoms with Crippen LogP contribution in [0.4, 0.5) is 0 Å². The summed E-state index contributed by atoms with van der Waals surface area (Å²) in [5, 5.41) is 10.3.